The quantitative estimate of drug-likeness (QED) is 0.584. The second kappa shape index (κ2) is 8.11. The van der Waals surface area contributed by atoms with Gasteiger partial charge < -0.3 is 20.2 Å². The summed E-state index contributed by atoms with van der Waals surface area (Å²) in [5.74, 6) is 1.54. The molecule has 2 aliphatic heterocycles. The molecule has 0 bridgehead atoms. The van der Waals surface area contributed by atoms with Crippen molar-refractivity contribution < 1.29 is 9.90 Å². The average Bonchev–Trinajstić information content (AvgIpc) is 3.25. The Bertz CT molecular complexity index is 744. The van der Waals surface area contributed by atoms with Gasteiger partial charge in [0, 0.05) is 44.2 Å². The minimum Gasteiger partial charge on any atom is -0.388 e. The maximum absolute atomic E-state index is 12.0. The molecule has 1 atom stereocenters. The van der Waals surface area contributed by atoms with E-state index in [9.17, 15) is 9.90 Å². The van der Waals surface area contributed by atoms with E-state index in [0.29, 0.717) is 24.8 Å². The summed E-state index contributed by atoms with van der Waals surface area (Å²) in [6.45, 7) is 5.93. The molecular weight excluding hydrogens is 352 g/mol. The van der Waals surface area contributed by atoms with Crippen molar-refractivity contribution in [2.45, 2.75) is 57.0 Å². The van der Waals surface area contributed by atoms with Crippen LogP contribution in [-0.2, 0) is 4.79 Å². The molecule has 0 radical (unpaired) electrons. The van der Waals surface area contributed by atoms with E-state index in [0.717, 1.165) is 64.2 Å². The van der Waals surface area contributed by atoms with Crippen molar-refractivity contribution in [1.29, 1.82) is 0 Å². The average molecular weight is 385 g/mol. The zero-order valence-electron chi connectivity index (χ0n) is 16.9. The third-order valence-electron chi connectivity index (χ3n) is 6.39. The van der Waals surface area contributed by atoms with Crippen LogP contribution in [0.25, 0.3) is 0 Å². The molecule has 2 fully saturated rings. The van der Waals surface area contributed by atoms with Crippen LogP contribution >= 0.6 is 0 Å². The van der Waals surface area contributed by atoms with E-state index < -0.39 is 5.60 Å². The Morgan fingerprint density at radius 2 is 2.14 bits per heavy atom. The van der Waals surface area contributed by atoms with E-state index in [1.54, 1.807) is 0 Å². The molecule has 1 saturated heterocycles. The van der Waals surface area contributed by atoms with E-state index >= 15 is 0 Å². The number of aliphatic imine (C=N–C) groups is 1. The number of hydrogen-bond donors (Lipinski definition) is 2. The van der Waals surface area contributed by atoms with Gasteiger partial charge in [0.2, 0.25) is 5.91 Å². The minimum absolute atomic E-state index is 0.298. The zero-order valence-corrected chi connectivity index (χ0v) is 16.9. The van der Waals surface area contributed by atoms with Crippen LogP contribution < -0.4 is 10.2 Å². The van der Waals surface area contributed by atoms with E-state index in [2.05, 4.69) is 41.4 Å². The number of rotatable bonds is 6. The fraction of sp³-hybridized carbons (Fsp3) is 0.636. The molecule has 1 unspecified atom stereocenters. The second-order valence-electron chi connectivity index (χ2n) is 8.39. The van der Waals surface area contributed by atoms with Crippen LogP contribution in [0.1, 0.15) is 56.9 Å². The normalized spacial score (nSPS) is 23.7. The van der Waals surface area contributed by atoms with Gasteiger partial charge in [-0.05, 0) is 50.7 Å². The number of likely N-dealkylation sites (tertiary alicyclic amines) is 1. The lowest BCUT2D eigenvalue weighted by molar-refractivity contribution is -0.127. The molecule has 4 rings (SSSR count). The van der Waals surface area contributed by atoms with Crippen molar-refractivity contribution in [2.24, 2.45) is 4.99 Å². The molecular formula is C22H32N4O2. The zero-order chi connectivity index (χ0) is 19.6. The Kier molecular flexibility index (Phi) is 5.58. The van der Waals surface area contributed by atoms with Crippen LogP contribution in [0, 0.1) is 0 Å². The molecule has 2 N–H and O–H groups in total. The first-order chi connectivity index (χ1) is 13.6. The topological polar surface area (TPSA) is 68.2 Å². The Morgan fingerprint density at radius 1 is 1.32 bits per heavy atom. The van der Waals surface area contributed by atoms with Gasteiger partial charge in [0.1, 0.15) is 0 Å². The summed E-state index contributed by atoms with van der Waals surface area (Å²) in [6, 6.07) is 8.52. The number of benzene rings is 1. The van der Waals surface area contributed by atoms with Gasteiger partial charge in [-0.2, -0.15) is 0 Å². The number of amides is 1. The highest BCUT2D eigenvalue weighted by molar-refractivity contribution is 5.98. The number of guanidine groups is 1. The lowest BCUT2D eigenvalue weighted by Crippen LogP contribution is -2.45. The highest BCUT2D eigenvalue weighted by Crippen LogP contribution is 2.38. The maximum atomic E-state index is 12.0. The minimum atomic E-state index is -0.616. The molecule has 3 aliphatic rings. The van der Waals surface area contributed by atoms with Gasteiger partial charge in [-0.3, -0.25) is 4.79 Å². The summed E-state index contributed by atoms with van der Waals surface area (Å²) in [5, 5.41) is 13.9. The number of aliphatic hydroxyl groups is 1. The van der Waals surface area contributed by atoms with Crippen molar-refractivity contribution in [3.05, 3.63) is 29.8 Å². The maximum Gasteiger partial charge on any atom is 0.222 e. The molecule has 152 valence electrons. The van der Waals surface area contributed by atoms with Crippen molar-refractivity contribution in [3.8, 4) is 0 Å². The molecule has 1 saturated carbocycles. The number of hydrogen-bond acceptors (Lipinski definition) is 3. The molecule has 0 aromatic heterocycles. The molecule has 1 aromatic rings. The van der Waals surface area contributed by atoms with Gasteiger partial charge in [-0.15, -0.1) is 0 Å². The monoisotopic (exact) mass is 384 g/mol. The lowest BCUT2D eigenvalue weighted by atomic mass is 9.80. The summed E-state index contributed by atoms with van der Waals surface area (Å²) < 4.78 is 0. The Balaban J connectivity index is 1.50. The van der Waals surface area contributed by atoms with Gasteiger partial charge in [0.05, 0.1) is 12.1 Å². The first-order valence-electron chi connectivity index (χ1n) is 10.7. The Morgan fingerprint density at radius 3 is 2.82 bits per heavy atom. The first-order valence-corrected chi connectivity index (χ1v) is 10.7. The second-order valence-corrected chi connectivity index (χ2v) is 8.39. The summed E-state index contributed by atoms with van der Waals surface area (Å²) in [7, 11) is 0. The van der Waals surface area contributed by atoms with E-state index in [1.165, 1.54) is 11.3 Å². The predicted molar refractivity (Wildman–Crippen MR) is 112 cm³/mol. The molecule has 2 heterocycles. The van der Waals surface area contributed by atoms with Crippen LogP contribution in [0.15, 0.2) is 29.3 Å². The summed E-state index contributed by atoms with van der Waals surface area (Å²) in [6.07, 6.45) is 5.45. The van der Waals surface area contributed by atoms with Crippen LogP contribution in [0.3, 0.4) is 0 Å². The van der Waals surface area contributed by atoms with Crippen LogP contribution in [0.2, 0.25) is 0 Å². The fourth-order valence-corrected chi connectivity index (χ4v) is 4.55. The lowest BCUT2D eigenvalue weighted by Gasteiger charge is -2.35. The van der Waals surface area contributed by atoms with Crippen molar-refractivity contribution >= 4 is 17.6 Å². The molecule has 6 nitrogen and oxygen atoms in total. The van der Waals surface area contributed by atoms with Gasteiger partial charge in [-0.25, -0.2) is 4.99 Å². The summed E-state index contributed by atoms with van der Waals surface area (Å²) in [4.78, 5) is 21.0. The highest BCUT2D eigenvalue weighted by atomic mass is 16.3. The van der Waals surface area contributed by atoms with Gasteiger partial charge >= 0.3 is 0 Å². The smallest absolute Gasteiger partial charge is 0.222 e. The molecule has 1 aromatic carbocycles. The van der Waals surface area contributed by atoms with E-state index in [4.69, 9.17) is 4.99 Å². The first kappa shape index (κ1) is 19.2. The van der Waals surface area contributed by atoms with Gasteiger partial charge in [0.25, 0.3) is 0 Å². The van der Waals surface area contributed by atoms with Crippen LogP contribution in [-0.4, -0.2) is 60.2 Å². The fourth-order valence-electron chi connectivity index (χ4n) is 4.55. The molecule has 1 amide bonds. The highest BCUT2D eigenvalue weighted by Gasteiger charge is 2.36. The van der Waals surface area contributed by atoms with Crippen molar-refractivity contribution in [3.63, 3.8) is 0 Å². The van der Waals surface area contributed by atoms with Gasteiger partial charge in [0.15, 0.2) is 5.96 Å². The SMILES string of the molecule is CCNC(=NCC1(O)CCC1)N1CC(CCN2CCCC2=O)c2ccccc21. The number of nitrogens with zero attached hydrogens (tertiary/aromatic N) is 3. The van der Waals surface area contributed by atoms with Gasteiger partial charge in [-0.1, -0.05) is 18.2 Å². The third kappa shape index (κ3) is 3.88. The molecule has 0 spiro atoms. The van der Waals surface area contributed by atoms with Crippen molar-refractivity contribution in [2.75, 3.05) is 37.6 Å². The van der Waals surface area contributed by atoms with Crippen LogP contribution in [0.4, 0.5) is 5.69 Å². The van der Waals surface area contributed by atoms with Crippen molar-refractivity contribution in [1.82, 2.24) is 10.2 Å². The number of carbonyl (C=O) groups excluding carboxylic acids is 1. The predicted octanol–water partition coefficient (Wildman–Crippen LogP) is 2.48. The summed E-state index contributed by atoms with van der Waals surface area (Å²) >= 11 is 0. The standard InChI is InChI=1S/C22H32N4O2/c1-2-23-21(24-16-22(28)11-6-12-22)26-15-17(18-7-3-4-8-19(18)26)10-14-25-13-5-9-20(25)27/h3-4,7-8,17,28H,2,5-6,9-16H2,1H3,(H,23,24). The largest absolute Gasteiger partial charge is 0.388 e. The molecule has 1 aliphatic carbocycles. The number of carbonyl (C=O) groups is 1. The third-order valence-corrected chi connectivity index (χ3v) is 6.39. The van der Waals surface area contributed by atoms with Crippen LogP contribution in [0.5, 0.6) is 0 Å². The number of fused-ring (bicyclic) bond motifs is 1. The van der Waals surface area contributed by atoms with E-state index in [-0.39, 0.29) is 0 Å². The number of para-hydroxylation sites is 1. The molecule has 28 heavy (non-hydrogen) atoms. The Labute approximate surface area is 167 Å². The molecule has 6 heteroatoms. The number of nitrogens with one attached hydrogen (secondary N) is 1. The summed E-state index contributed by atoms with van der Waals surface area (Å²) in [5.41, 5.74) is 1.91. The number of anilines is 1. The Hall–Kier alpha value is -2.08. The van der Waals surface area contributed by atoms with E-state index in [1.807, 2.05) is 4.90 Å².